The van der Waals surface area contributed by atoms with Crippen molar-refractivity contribution in [2.45, 2.75) is 13.0 Å². The van der Waals surface area contributed by atoms with Gasteiger partial charge in [-0.05, 0) is 49.9 Å². The van der Waals surface area contributed by atoms with Crippen LogP contribution in [0, 0.1) is 0 Å². The molecule has 0 aromatic carbocycles. The van der Waals surface area contributed by atoms with Gasteiger partial charge >= 0.3 is 0 Å². The number of nitrogens with one attached hydrogen (secondary N) is 1. The van der Waals surface area contributed by atoms with Gasteiger partial charge in [-0.1, -0.05) is 6.07 Å². The van der Waals surface area contributed by atoms with Crippen LogP contribution >= 0.6 is 0 Å². The van der Waals surface area contributed by atoms with Crippen LogP contribution in [-0.4, -0.2) is 21.6 Å². The van der Waals surface area contributed by atoms with E-state index in [1.165, 1.54) is 5.56 Å². The molecule has 3 aromatic rings. The third-order valence-corrected chi connectivity index (χ3v) is 3.38. The molecular weight excluding hydrogens is 236 g/mol. The van der Waals surface area contributed by atoms with Crippen molar-refractivity contribution in [2.24, 2.45) is 0 Å². The van der Waals surface area contributed by atoms with Crippen molar-refractivity contribution in [2.75, 3.05) is 7.05 Å². The minimum atomic E-state index is 0.249. The van der Waals surface area contributed by atoms with Crippen LogP contribution in [-0.2, 0) is 0 Å². The highest BCUT2D eigenvalue weighted by molar-refractivity contribution is 5.69. The van der Waals surface area contributed by atoms with E-state index in [1.54, 1.807) is 6.20 Å². The van der Waals surface area contributed by atoms with Gasteiger partial charge in [0.1, 0.15) is 0 Å². The summed E-state index contributed by atoms with van der Waals surface area (Å²) in [5.41, 5.74) is 4.29. The summed E-state index contributed by atoms with van der Waals surface area (Å²) < 4.78 is 1.95. The van der Waals surface area contributed by atoms with Crippen LogP contribution in [0.4, 0.5) is 0 Å². The maximum absolute atomic E-state index is 4.46. The van der Waals surface area contributed by atoms with E-state index in [0.717, 1.165) is 16.9 Å². The zero-order valence-corrected chi connectivity index (χ0v) is 11.0. The van der Waals surface area contributed by atoms with Crippen molar-refractivity contribution in [3.05, 3.63) is 54.4 Å². The summed E-state index contributed by atoms with van der Waals surface area (Å²) in [6, 6.07) is 12.4. The Morgan fingerprint density at radius 1 is 1.16 bits per heavy atom. The van der Waals surface area contributed by atoms with Crippen molar-refractivity contribution in [3.63, 3.8) is 0 Å². The first-order chi connectivity index (χ1) is 9.31. The van der Waals surface area contributed by atoms with Crippen LogP contribution in [0.1, 0.15) is 18.5 Å². The molecule has 1 N–H and O–H groups in total. The van der Waals surface area contributed by atoms with Gasteiger partial charge in [-0.2, -0.15) is 5.10 Å². The number of fused-ring (bicyclic) bond motifs is 1. The van der Waals surface area contributed by atoms with Crippen LogP contribution in [0.15, 0.2) is 48.8 Å². The predicted molar refractivity (Wildman–Crippen MR) is 75.9 cm³/mol. The third kappa shape index (κ3) is 2.00. The lowest BCUT2D eigenvalue weighted by molar-refractivity contribution is 0.653. The smallest absolute Gasteiger partial charge is 0.0957 e. The summed E-state index contributed by atoms with van der Waals surface area (Å²) >= 11 is 0. The first-order valence-corrected chi connectivity index (χ1v) is 6.36. The fraction of sp³-hybridized carbons (Fsp3) is 0.200. The molecule has 1 atom stereocenters. The Balaban J connectivity index is 2.31. The summed E-state index contributed by atoms with van der Waals surface area (Å²) in [7, 11) is 1.96. The van der Waals surface area contributed by atoms with Crippen LogP contribution in [0.25, 0.3) is 16.9 Å². The van der Waals surface area contributed by atoms with Crippen molar-refractivity contribution in [1.29, 1.82) is 0 Å². The molecule has 0 radical (unpaired) electrons. The maximum Gasteiger partial charge on any atom is 0.0957 e. The lowest BCUT2D eigenvalue weighted by Gasteiger charge is -2.11. The van der Waals surface area contributed by atoms with Crippen molar-refractivity contribution >= 4 is 5.52 Å². The van der Waals surface area contributed by atoms with Gasteiger partial charge in [0.2, 0.25) is 0 Å². The Kier molecular flexibility index (Phi) is 3.01. The highest BCUT2D eigenvalue weighted by Crippen LogP contribution is 2.29. The molecule has 0 aliphatic rings. The van der Waals surface area contributed by atoms with Crippen molar-refractivity contribution < 1.29 is 0 Å². The number of rotatable bonds is 3. The van der Waals surface area contributed by atoms with E-state index in [4.69, 9.17) is 0 Å². The Bertz CT molecular complexity index is 688. The fourth-order valence-corrected chi connectivity index (χ4v) is 2.27. The topological polar surface area (TPSA) is 42.2 Å². The van der Waals surface area contributed by atoms with E-state index in [1.807, 2.05) is 42.0 Å². The number of aromatic nitrogens is 3. The van der Waals surface area contributed by atoms with E-state index >= 15 is 0 Å². The van der Waals surface area contributed by atoms with Crippen LogP contribution in [0.3, 0.4) is 0 Å². The molecule has 3 heterocycles. The molecular formula is C15H16N4. The van der Waals surface area contributed by atoms with E-state index < -0.39 is 0 Å². The first kappa shape index (κ1) is 11.9. The average molecular weight is 252 g/mol. The van der Waals surface area contributed by atoms with Crippen LogP contribution < -0.4 is 5.32 Å². The summed E-state index contributed by atoms with van der Waals surface area (Å²) in [4.78, 5) is 4.46. The summed E-state index contributed by atoms with van der Waals surface area (Å²) in [6.07, 6.45) is 3.61. The number of hydrogen-bond donors (Lipinski definition) is 1. The molecule has 0 bridgehead atoms. The van der Waals surface area contributed by atoms with Crippen LogP contribution in [0.2, 0.25) is 0 Å². The molecule has 96 valence electrons. The summed E-state index contributed by atoms with van der Waals surface area (Å²) in [5, 5.41) is 7.73. The summed E-state index contributed by atoms with van der Waals surface area (Å²) in [5.74, 6) is 0. The highest BCUT2D eigenvalue weighted by Gasteiger charge is 2.17. The maximum atomic E-state index is 4.46. The second-order valence-corrected chi connectivity index (χ2v) is 4.53. The minimum Gasteiger partial charge on any atom is -0.313 e. The third-order valence-electron chi connectivity index (χ3n) is 3.38. The highest BCUT2D eigenvalue weighted by atomic mass is 15.2. The molecule has 0 fully saturated rings. The first-order valence-electron chi connectivity index (χ1n) is 6.36. The molecule has 19 heavy (non-hydrogen) atoms. The molecule has 4 nitrogen and oxygen atoms in total. The number of nitrogens with zero attached hydrogens (tertiary/aromatic N) is 3. The van der Waals surface area contributed by atoms with E-state index in [0.29, 0.717) is 0 Å². The van der Waals surface area contributed by atoms with Gasteiger partial charge in [0.15, 0.2) is 0 Å². The monoisotopic (exact) mass is 252 g/mol. The van der Waals surface area contributed by atoms with Gasteiger partial charge in [0, 0.05) is 18.4 Å². The second-order valence-electron chi connectivity index (χ2n) is 4.53. The molecule has 0 saturated heterocycles. The van der Waals surface area contributed by atoms with Gasteiger partial charge in [-0.15, -0.1) is 0 Å². The fourth-order valence-electron chi connectivity index (χ4n) is 2.27. The minimum absolute atomic E-state index is 0.249. The standard InChI is InChI=1S/C15H16N4/c1-11(16-2)13-10-12-6-5-9-18-19(12)15(13)14-7-3-4-8-17-14/h3-11,16H,1-2H3. The zero-order chi connectivity index (χ0) is 13.2. The molecule has 1 unspecified atom stereocenters. The lowest BCUT2D eigenvalue weighted by Crippen LogP contribution is -2.13. The molecule has 3 aromatic heterocycles. The predicted octanol–water partition coefficient (Wildman–Crippen LogP) is 2.68. The van der Waals surface area contributed by atoms with E-state index in [9.17, 15) is 0 Å². The van der Waals surface area contributed by atoms with Gasteiger partial charge in [0.05, 0.1) is 16.9 Å². The van der Waals surface area contributed by atoms with Crippen molar-refractivity contribution in [1.82, 2.24) is 19.9 Å². The van der Waals surface area contributed by atoms with E-state index in [-0.39, 0.29) is 6.04 Å². The Labute approximate surface area is 112 Å². The molecule has 4 heteroatoms. The van der Waals surface area contributed by atoms with Crippen LogP contribution in [0.5, 0.6) is 0 Å². The van der Waals surface area contributed by atoms with Crippen molar-refractivity contribution in [3.8, 4) is 11.4 Å². The Hall–Kier alpha value is -2.20. The van der Waals surface area contributed by atoms with E-state index in [2.05, 4.69) is 34.5 Å². The SMILES string of the molecule is CNC(C)c1cc2cccnn2c1-c1ccccn1. The quantitative estimate of drug-likeness (QED) is 0.779. The average Bonchev–Trinajstić information content (AvgIpc) is 2.86. The molecule has 0 amide bonds. The number of pyridine rings is 1. The number of hydrogen-bond acceptors (Lipinski definition) is 3. The van der Waals surface area contributed by atoms with Gasteiger partial charge in [-0.3, -0.25) is 4.98 Å². The Morgan fingerprint density at radius 2 is 2.05 bits per heavy atom. The van der Waals surface area contributed by atoms with Gasteiger partial charge < -0.3 is 5.32 Å². The normalized spacial score (nSPS) is 12.7. The molecule has 0 saturated carbocycles. The molecule has 0 spiro atoms. The van der Waals surface area contributed by atoms with Gasteiger partial charge in [-0.25, -0.2) is 4.52 Å². The lowest BCUT2D eigenvalue weighted by atomic mass is 10.1. The molecule has 0 aliphatic carbocycles. The zero-order valence-electron chi connectivity index (χ0n) is 11.0. The molecule has 0 aliphatic heterocycles. The Morgan fingerprint density at radius 3 is 2.79 bits per heavy atom. The summed E-state index contributed by atoms with van der Waals surface area (Å²) in [6.45, 7) is 2.14. The van der Waals surface area contributed by atoms with Gasteiger partial charge in [0.25, 0.3) is 0 Å². The largest absolute Gasteiger partial charge is 0.313 e. The second kappa shape index (κ2) is 4.82. The molecule has 3 rings (SSSR count).